The van der Waals surface area contributed by atoms with E-state index in [-0.39, 0.29) is 28.8 Å². The summed E-state index contributed by atoms with van der Waals surface area (Å²) in [5.41, 5.74) is -2.76. The Morgan fingerprint density at radius 1 is 1.20 bits per heavy atom. The third kappa shape index (κ3) is 4.16. The van der Waals surface area contributed by atoms with Crippen molar-refractivity contribution in [1.29, 1.82) is 0 Å². The zero-order valence-corrected chi connectivity index (χ0v) is 11.5. The van der Waals surface area contributed by atoms with Gasteiger partial charge in [-0.25, -0.2) is 0 Å². The van der Waals surface area contributed by atoms with Gasteiger partial charge in [-0.3, -0.25) is 4.79 Å². The van der Waals surface area contributed by atoms with Crippen LogP contribution in [0, 0.1) is 6.92 Å². The Morgan fingerprint density at radius 2 is 1.95 bits per heavy atom. The number of alkyl halides is 3. The number of hydrogen-bond acceptors (Lipinski definition) is 2. The number of aromatic nitrogens is 1. The molecule has 0 fully saturated rings. The maximum atomic E-state index is 12.3. The number of halogens is 3. The minimum atomic E-state index is -4.36. The lowest BCUT2D eigenvalue weighted by Gasteiger charge is -2.10. The first kappa shape index (κ1) is 14.7. The quantitative estimate of drug-likeness (QED) is 0.804. The fourth-order valence-electron chi connectivity index (χ4n) is 1.83. The molecule has 1 heterocycles. The Balaban J connectivity index is 2.27. The average molecular weight is 299 g/mol. The van der Waals surface area contributed by atoms with E-state index < -0.39 is 5.51 Å². The second-order valence-corrected chi connectivity index (χ2v) is 5.51. The Morgan fingerprint density at radius 3 is 2.60 bits per heavy atom. The molecule has 0 saturated heterocycles. The van der Waals surface area contributed by atoms with Gasteiger partial charge in [0.25, 0.3) is 5.56 Å². The van der Waals surface area contributed by atoms with Crippen molar-refractivity contribution < 1.29 is 13.2 Å². The molecule has 2 nitrogen and oxygen atoms in total. The summed E-state index contributed by atoms with van der Waals surface area (Å²) in [4.78, 5) is 11.7. The summed E-state index contributed by atoms with van der Waals surface area (Å²) in [7, 11) is 0. The van der Waals surface area contributed by atoms with Crippen molar-refractivity contribution >= 4 is 11.8 Å². The van der Waals surface area contributed by atoms with E-state index in [0.29, 0.717) is 0 Å². The first-order valence-electron chi connectivity index (χ1n) is 5.85. The number of pyridine rings is 1. The summed E-state index contributed by atoms with van der Waals surface area (Å²) in [6, 6.07) is 9.85. The van der Waals surface area contributed by atoms with Crippen molar-refractivity contribution in [3.05, 3.63) is 64.1 Å². The molecule has 0 bridgehead atoms. The second-order valence-electron chi connectivity index (χ2n) is 4.37. The van der Waals surface area contributed by atoms with Crippen LogP contribution in [0.2, 0.25) is 0 Å². The van der Waals surface area contributed by atoms with Gasteiger partial charge in [-0.05, 0) is 30.3 Å². The Bertz CT molecular complexity index is 664. The number of thioether (sulfide) groups is 1. The summed E-state index contributed by atoms with van der Waals surface area (Å²) >= 11 is -0.222. The van der Waals surface area contributed by atoms with Crippen molar-refractivity contribution in [3.63, 3.8) is 0 Å². The average Bonchev–Trinajstić information content (AvgIpc) is 2.32. The molecule has 0 atom stereocenters. The molecular formula is C14H12F3NOS. The summed E-state index contributed by atoms with van der Waals surface area (Å²) in [5, 5.41) is 0. The van der Waals surface area contributed by atoms with Crippen molar-refractivity contribution in [3.8, 4) is 0 Å². The van der Waals surface area contributed by atoms with Crippen LogP contribution < -0.4 is 5.56 Å². The summed E-state index contributed by atoms with van der Waals surface area (Å²) < 4.78 is 38.3. The van der Waals surface area contributed by atoms with E-state index in [2.05, 4.69) is 0 Å². The predicted octanol–water partition coefficient (Wildman–Crippen LogP) is 3.82. The van der Waals surface area contributed by atoms with E-state index in [1.165, 1.54) is 16.8 Å². The number of hydrogen-bond donors (Lipinski definition) is 0. The Kier molecular flexibility index (Phi) is 4.23. The van der Waals surface area contributed by atoms with Crippen LogP contribution in [0.15, 0.2) is 52.3 Å². The molecule has 106 valence electrons. The van der Waals surface area contributed by atoms with E-state index >= 15 is 0 Å². The molecule has 6 heteroatoms. The molecule has 2 rings (SSSR count). The highest BCUT2D eigenvalue weighted by Gasteiger charge is 2.29. The lowest BCUT2D eigenvalue weighted by atomic mass is 10.1. The molecule has 0 aliphatic rings. The fourth-order valence-corrected chi connectivity index (χ4v) is 2.42. The van der Waals surface area contributed by atoms with Crippen molar-refractivity contribution in [1.82, 2.24) is 4.57 Å². The SMILES string of the molecule is Cc1cccc(Cn2cc(SC(F)(F)F)ccc2=O)c1. The van der Waals surface area contributed by atoms with Gasteiger partial charge >= 0.3 is 5.51 Å². The molecule has 0 amide bonds. The highest BCUT2D eigenvalue weighted by molar-refractivity contribution is 8.00. The number of aryl methyl sites for hydroxylation is 1. The molecule has 2 aromatic rings. The zero-order valence-electron chi connectivity index (χ0n) is 10.6. The van der Waals surface area contributed by atoms with E-state index in [1.807, 2.05) is 31.2 Å². The highest BCUT2D eigenvalue weighted by Crippen LogP contribution is 2.36. The maximum absolute atomic E-state index is 12.3. The van der Waals surface area contributed by atoms with E-state index in [1.54, 1.807) is 0 Å². The van der Waals surface area contributed by atoms with E-state index in [9.17, 15) is 18.0 Å². The second kappa shape index (κ2) is 5.75. The highest BCUT2D eigenvalue weighted by atomic mass is 32.2. The minimum Gasteiger partial charge on any atom is -0.310 e. The van der Waals surface area contributed by atoms with Gasteiger partial charge in [0, 0.05) is 17.2 Å². The van der Waals surface area contributed by atoms with Crippen LogP contribution in [0.4, 0.5) is 13.2 Å². The third-order valence-corrected chi connectivity index (χ3v) is 3.33. The fraction of sp³-hybridized carbons (Fsp3) is 0.214. The lowest BCUT2D eigenvalue weighted by molar-refractivity contribution is -0.0328. The van der Waals surface area contributed by atoms with Gasteiger partial charge in [0.2, 0.25) is 0 Å². The number of benzene rings is 1. The standard InChI is InChI=1S/C14H12F3NOS/c1-10-3-2-4-11(7-10)8-18-9-12(5-6-13(18)19)20-14(15,16)17/h2-7,9H,8H2,1H3. The van der Waals surface area contributed by atoms with Gasteiger partial charge in [0.15, 0.2) is 0 Å². The summed E-state index contributed by atoms with van der Waals surface area (Å²) in [6.45, 7) is 2.18. The maximum Gasteiger partial charge on any atom is 0.446 e. The number of nitrogens with zero attached hydrogens (tertiary/aromatic N) is 1. The molecule has 0 N–H and O–H groups in total. The number of rotatable bonds is 3. The summed E-state index contributed by atoms with van der Waals surface area (Å²) in [5.74, 6) is 0. The smallest absolute Gasteiger partial charge is 0.310 e. The first-order chi connectivity index (χ1) is 9.33. The molecule has 0 radical (unpaired) electrons. The third-order valence-electron chi connectivity index (χ3n) is 2.63. The van der Waals surface area contributed by atoms with E-state index in [4.69, 9.17) is 0 Å². The van der Waals surface area contributed by atoms with Crippen molar-refractivity contribution in [2.24, 2.45) is 0 Å². The van der Waals surface area contributed by atoms with Crippen molar-refractivity contribution in [2.75, 3.05) is 0 Å². The first-order valence-corrected chi connectivity index (χ1v) is 6.67. The normalized spacial score (nSPS) is 11.6. The molecule has 0 unspecified atom stereocenters. The summed E-state index contributed by atoms with van der Waals surface area (Å²) in [6.07, 6.45) is 1.24. The van der Waals surface area contributed by atoms with Gasteiger partial charge < -0.3 is 4.57 Å². The van der Waals surface area contributed by atoms with Crippen LogP contribution in [0.1, 0.15) is 11.1 Å². The van der Waals surface area contributed by atoms with E-state index in [0.717, 1.165) is 17.2 Å². The Labute approximate surface area is 118 Å². The van der Waals surface area contributed by atoms with Gasteiger partial charge in [-0.15, -0.1) is 0 Å². The minimum absolute atomic E-state index is 0.00440. The molecule has 1 aromatic heterocycles. The molecule has 0 spiro atoms. The largest absolute Gasteiger partial charge is 0.446 e. The molecule has 0 saturated carbocycles. The van der Waals surface area contributed by atoms with Crippen LogP contribution in [0.25, 0.3) is 0 Å². The lowest BCUT2D eigenvalue weighted by Crippen LogP contribution is -2.19. The van der Waals surface area contributed by atoms with Crippen LogP contribution in [0.5, 0.6) is 0 Å². The molecule has 1 aromatic carbocycles. The zero-order chi connectivity index (χ0) is 14.8. The van der Waals surface area contributed by atoms with Crippen LogP contribution in [0.3, 0.4) is 0 Å². The molecule has 0 aliphatic heterocycles. The van der Waals surface area contributed by atoms with Gasteiger partial charge in [-0.2, -0.15) is 13.2 Å². The Hall–Kier alpha value is -1.69. The van der Waals surface area contributed by atoms with Crippen molar-refractivity contribution in [2.45, 2.75) is 23.9 Å². The molecule has 20 heavy (non-hydrogen) atoms. The monoisotopic (exact) mass is 299 g/mol. The van der Waals surface area contributed by atoms with Crippen LogP contribution in [-0.2, 0) is 6.54 Å². The topological polar surface area (TPSA) is 22.0 Å². The predicted molar refractivity (Wildman–Crippen MR) is 72.9 cm³/mol. The van der Waals surface area contributed by atoms with Crippen LogP contribution in [-0.4, -0.2) is 10.1 Å². The van der Waals surface area contributed by atoms with Gasteiger partial charge in [0.05, 0.1) is 6.54 Å². The van der Waals surface area contributed by atoms with Gasteiger partial charge in [-0.1, -0.05) is 29.8 Å². The van der Waals surface area contributed by atoms with Gasteiger partial charge in [0.1, 0.15) is 0 Å². The molecule has 0 aliphatic carbocycles. The molecular weight excluding hydrogens is 287 g/mol. The van der Waals surface area contributed by atoms with Crippen LogP contribution >= 0.6 is 11.8 Å².